The zero-order valence-corrected chi connectivity index (χ0v) is 19.9. The Kier molecular flexibility index (Phi) is 6.27. The zero-order chi connectivity index (χ0) is 25.1. The van der Waals surface area contributed by atoms with Gasteiger partial charge < -0.3 is 15.5 Å². The molecule has 0 saturated heterocycles. The number of aromatic nitrogens is 4. The minimum absolute atomic E-state index is 0.243. The van der Waals surface area contributed by atoms with E-state index < -0.39 is 0 Å². The summed E-state index contributed by atoms with van der Waals surface area (Å²) in [4.78, 5) is 35.2. The summed E-state index contributed by atoms with van der Waals surface area (Å²) in [6, 6.07) is 11.0. The average molecular weight is 480 g/mol. The minimum Gasteiger partial charge on any atom is -0.331 e. The number of carbonyl (C=O) groups excluding carboxylic acids is 2. The fourth-order valence-corrected chi connectivity index (χ4v) is 3.90. The van der Waals surface area contributed by atoms with Crippen LogP contribution in [0.5, 0.6) is 0 Å². The molecule has 0 radical (unpaired) electrons. The number of nitrogens with one attached hydrogen (secondary N) is 3. The van der Waals surface area contributed by atoms with E-state index in [4.69, 9.17) is 0 Å². The fraction of sp³-hybridized carbons (Fsp3) is 0.148. The van der Waals surface area contributed by atoms with E-state index in [0.717, 1.165) is 40.8 Å². The summed E-state index contributed by atoms with van der Waals surface area (Å²) in [7, 11) is 3.34. The van der Waals surface area contributed by atoms with Crippen molar-refractivity contribution < 1.29 is 9.59 Å². The maximum atomic E-state index is 13.1. The van der Waals surface area contributed by atoms with Crippen LogP contribution < -0.4 is 10.6 Å². The van der Waals surface area contributed by atoms with Gasteiger partial charge in [0.25, 0.3) is 5.91 Å². The van der Waals surface area contributed by atoms with E-state index >= 15 is 0 Å². The Bertz CT molecular complexity index is 1500. The van der Waals surface area contributed by atoms with Gasteiger partial charge in [-0.15, -0.1) is 0 Å². The van der Waals surface area contributed by atoms with Crippen molar-refractivity contribution in [3.63, 3.8) is 0 Å². The van der Waals surface area contributed by atoms with Crippen molar-refractivity contribution in [2.75, 3.05) is 24.7 Å². The van der Waals surface area contributed by atoms with Crippen LogP contribution in [0.2, 0.25) is 0 Å². The molecule has 1 aliphatic rings. The van der Waals surface area contributed by atoms with Crippen LogP contribution in [0.3, 0.4) is 0 Å². The van der Waals surface area contributed by atoms with E-state index in [1.807, 2.05) is 36.4 Å². The lowest BCUT2D eigenvalue weighted by Crippen LogP contribution is -2.27. The van der Waals surface area contributed by atoms with Gasteiger partial charge >= 0.3 is 6.03 Å². The molecule has 0 aliphatic heterocycles. The van der Waals surface area contributed by atoms with Gasteiger partial charge in [0.1, 0.15) is 0 Å². The van der Waals surface area contributed by atoms with Gasteiger partial charge in [-0.1, -0.05) is 24.3 Å². The summed E-state index contributed by atoms with van der Waals surface area (Å²) in [5.74, 6) is -0.338. The average Bonchev–Trinajstić information content (AvgIpc) is 3.33. The smallest absolute Gasteiger partial charge is 0.321 e. The first kappa shape index (κ1) is 23.0. The molecule has 1 aliphatic carbocycles. The van der Waals surface area contributed by atoms with Crippen molar-refractivity contribution in [2.24, 2.45) is 0 Å². The largest absolute Gasteiger partial charge is 0.331 e. The molecule has 3 heterocycles. The number of rotatable bonds is 5. The molecule has 3 amide bonds. The Hall–Kier alpha value is -4.79. The number of amides is 3. The van der Waals surface area contributed by atoms with Gasteiger partial charge in [-0.2, -0.15) is 5.10 Å². The zero-order valence-electron chi connectivity index (χ0n) is 19.9. The highest BCUT2D eigenvalue weighted by Crippen LogP contribution is 2.27. The maximum absolute atomic E-state index is 13.1. The highest BCUT2D eigenvalue weighted by molar-refractivity contribution is 6.11. The van der Waals surface area contributed by atoms with E-state index in [-0.39, 0.29) is 17.6 Å². The van der Waals surface area contributed by atoms with Crippen molar-refractivity contribution in [1.29, 1.82) is 0 Å². The van der Waals surface area contributed by atoms with Gasteiger partial charge in [0.15, 0.2) is 5.69 Å². The van der Waals surface area contributed by atoms with Crippen LogP contribution in [0, 0.1) is 0 Å². The van der Waals surface area contributed by atoms with Crippen molar-refractivity contribution in [1.82, 2.24) is 25.1 Å². The highest BCUT2D eigenvalue weighted by Gasteiger charge is 2.16. The second-order valence-electron chi connectivity index (χ2n) is 8.64. The molecule has 36 heavy (non-hydrogen) atoms. The molecular formula is C27H25N7O2. The van der Waals surface area contributed by atoms with Crippen molar-refractivity contribution in [3.8, 4) is 11.1 Å². The third kappa shape index (κ3) is 4.85. The lowest BCUT2D eigenvalue weighted by Gasteiger charge is -2.12. The first-order chi connectivity index (χ1) is 17.5. The van der Waals surface area contributed by atoms with E-state index in [9.17, 15) is 9.59 Å². The molecule has 5 rings (SSSR count). The van der Waals surface area contributed by atoms with E-state index in [0.29, 0.717) is 16.8 Å². The number of H-pyrrole nitrogens is 1. The van der Waals surface area contributed by atoms with E-state index in [1.165, 1.54) is 4.90 Å². The first-order valence-electron chi connectivity index (χ1n) is 11.5. The summed E-state index contributed by atoms with van der Waals surface area (Å²) >= 11 is 0. The molecular weight excluding hydrogens is 454 g/mol. The Labute approximate surface area is 208 Å². The van der Waals surface area contributed by atoms with Gasteiger partial charge in [-0.25, -0.2) is 4.79 Å². The number of nitrogens with zero attached hydrogens (tertiary/aromatic N) is 4. The standard InChI is InChI=1S/C27H25N7O2/c1-34(2)27(36)31-21-12-19(14-28-15-21)18-8-10-24-22(13-18)25(33-32-24)26(35)30-20-9-11-23(29-16-20)17-6-4-3-5-7-17/h4,6-16H,3,5H2,1-2H3,(H,30,35)(H,31,36)(H,32,33). The monoisotopic (exact) mass is 479 g/mol. The van der Waals surface area contributed by atoms with Crippen molar-refractivity contribution in [2.45, 2.75) is 12.8 Å². The molecule has 4 aromatic rings. The molecule has 0 bridgehead atoms. The SMILES string of the molecule is CN(C)C(=O)Nc1cncc(-c2ccc3[nH]nc(C(=O)Nc4ccc(C5=CCCC=C5)nc4)c3c2)c1. The Morgan fingerprint density at radius 3 is 2.58 bits per heavy atom. The van der Waals surface area contributed by atoms with Crippen LogP contribution in [-0.4, -0.2) is 51.1 Å². The molecule has 0 saturated carbocycles. The highest BCUT2D eigenvalue weighted by atomic mass is 16.2. The second kappa shape index (κ2) is 9.83. The fourth-order valence-electron chi connectivity index (χ4n) is 3.90. The number of hydrogen-bond acceptors (Lipinski definition) is 5. The summed E-state index contributed by atoms with van der Waals surface area (Å²) in [6.45, 7) is 0. The minimum atomic E-state index is -0.338. The van der Waals surface area contributed by atoms with Crippen LogP contribution in [0.1, 0.15) is 29.0 Å². The van der Waals surface area contributed by atoms with Crippen molar-refractivity contribution in [3.05, 3.63) is 84.6 Å². The van der Waals surface area contributed by atoms with Gasteiger partial charge in [-0.3, -0.25) is 19.9 Å². The summed E-state index contributed by atoms with van der Waals surface area (Å²) in [6.07, 6.45) is 13.4. The van der Waals surface area contributed by atoms with Crippen LogP contribution in [-0.2, 0) is 0 Å². The number of urea groups is 1. The number of benzene rings is 1. The van der Waals surface area contributed by atoms with Gasteiger partial charge in [0, 0.05) is 31.2 Å². The number of carbonyl (C=O) groups is 2. The van der Waals surface area contributed by atoms with Gasteiger partial charge in [-0.05, 0) is 54.3 Å². The predicted octanol–water partition coefficient (Wildman–Crippen LogP) is 5.10. The second-order valence-corrected chi connectivity index (χ2v) is 8.64. The number of fused-ring (bicyclic) bond motifs is 1. The molecule has 180 valence electrons. The van der Waals surface area contributed by atoms with Crippen molar-refractivity contribution >= 4 is 39.8 Å². The lowest BCUT2D eigenvalue weighted by atomic mass is 10.0. The van der Waals surface area contributed by atoms with Gasteiger partial charge in [0.2, 0.25) is 0 Å². The number of anilines is 2. The molecule has 0 unspecified atom stereocenters. The van der Waals surface area contributed by atoms with Crippen LogP contribution in [0.25, 0.3) is 27.6 Å². The maximum Gasteiger partial charge on any atom is 0.321 e. The predicted molar refractivity (Wildman–Crippen MR) is 141 cm³/mol. The topological polar surface area (TPSA) is 116 Å². The number of pyridine rings is 2. The summed E-state index contributed by atoms with van der Waals surface area (Å²) < 4.78 is 0. The Balaban J connectivity index is 1.37. The van der Waals surface area contributed by atoms with Crippen LogP contribution in [0.4, 0.5) is 16.2 Å². The first-order valence-corrected chi connectivity index (χ1v) is 11.5. The molecule has 3 N–H and O–H groups in total. The molecule has 0 atom stereocenters. The Morgan fingerprint density at radius 2 is 1.83 bits per heavy atom. The normalized spacial score (nSPS) is 12.8. The third-order valence-electron chi connectivity index (χ3n) is 5.82. The molecule has 1 aromatic carbocycles. The number of hydrogen-bond donors (Lipinski definition) is 3. The van der Waals surface area contributed by atoms with Crippen LogP contribution >= 0.6 is 0 Å². The lowest BCUT2D eigenvalue weighted by molar-refractivity contribution is 0.102. The number of allylic oxidation sites excluding steroid dienone is 4. The number of aromatic amines is 1. The molecule has 9 nitrogen and oxygen atoms in total. The molecule has 0 spiro atoms. The quantitative estimate of drug-likeness (QED) is 0.368. The third-order valence-corrected chi connectivity index (χ3v) is 5.82. The Morgan fingerprint density at radius 1 is 0.944 bits per heavy atom. The summed E-state index contributed by atoms with van der Waals surface area (Å²) in [5, 5.41) is 13.5. The molecule has 9 heteroatoms. The van der Waals surface area contributed by atoms with E-state index in [2.05, 4.69) is 49.0 Å². The van der Waals surface area contributed by atoms with Gasteiger partial charge in [0.05, 0.1) is 35.0 Å². The molecule has 3 aromatic heterocycles. The molecule has 0 fully saturated rings. The van der Waals surface area contributed by atoms with E-state index in [1.54, 1.807) is 32.7 Å². The summed E-state index contributed by atoms with van der Waals surface area (Å²) in [5.41, 5.74) is 5.77. The van der Waals surface area contributed by atoms with Crippen LogP contribution in [0.15, 0.2) is 73.2 Å².